The van der Waals surface area contributed by atoms with Crippen molar-refractivity contribution in [1.82, 2.24) is 20.1 Å². The van der Waals surface area contributed by atoms with Gasteiger partial charge in [0.05, 0.1) is 7.11 Å². The van der Waals surface area contributed by atoms with Crippen LogP contribution in [-0.2, 0) is 11.2 Å². The Kier molecular flexibility index (Phi) is 4.77. The van der Waals surface area contributed by atoms with Gasteiger partial charge in [-0.1, -0.05) is 0 Å². The Hall–Kier alpha value is -2.57. The minimum absolute atomic E-state index is 0.0274. The van der Waals surface area contributed by atoms with Crippen molar-refractivity contribution in [1.29, 1.82) is 0 Å². The minimum Gasteiger partial charge on any atom is -0.497 e. The molecule has 2 aliphatic rings. The fourth-order valence-corrected chi connectivity index (χ4v) is 3.33. The zero-order chi connectivity index (χ0) is 17.9. The van der Waals surface area contributed by atoms with Gasteiger partial charge in [0.2, 0.25) is 0 Å². The minimum atomic E-state index is 0.0274. The molecule has 0 radical (unpaired) electrons. The summed E-state index contributed by atoms with van der Waals surface area (Å²) in [6, 6.07) is 7.25. The molecule has 4 rings (SSSR count). The Morgan fingerprint density at radius 2 is 2.00 bits per heavy atom. The molecule has 0 spiro atoms. The lowest BCUT2D eigenvalue weighted by molar-refractivity contribution is -0.132. The molecule has 138 valence electrons. The van der Waals surface area contributed by atoms with E-state index in [0.717, 1.165) is 43.3 Å². The second kappa shape index (κ2) is 7.35. The number of benzene rings is 1. The average Bonchev–Trinajstić information content (AvgIpc) is 3.24. The third kappa shape index (κ3) is 3.98. The number of methoxy groups -OCH3 is 1. The van der Waals surface area contributed by atoms with Crippen molar-refractivity contribution in [2.45, 2.75) is 31.6 Å². The molecule has 2 heterocycles. The van der Waals surface area contributed by atoms with Crippen molar-refractivity contribution < 1.29 is 14.3 Å². The van der Waals surface area contributed by atoms with Gasteiger partial charge in [-0.2, -0.15) is 5.10 Å². The summed E-state index contributed by atoms with van der Waals surface area (Å²) in [5.41, 5.74) is 0. The number of carbonyl (C=O) groups is 1. The van der Waals surface area contributed by atoms with E-state index in [9.17, 15) is 4.79 Å². The number of H-pyrrole nitrogens is 1. The Morgan fingerprint density at radius 3 is 2.73 bits per heavy atom. The molecule has 2 fully saturated rings. The molecular formula is C19H24N4O3. The number of rotatable bonds is 7. The van der Waals surface area contributed by atoms with Gasteiger partial charge in [-0.15, -0.1) is 0 Å². The van der Waals surface area contributed by atoms with E-state index in [0.29, 0.717) is 17.6 Å². The zero-order valence-corrected chi connectivity index (χ0v) is 15.0. The Labute approximate surface area is 152 Å². The van der Waals surface area contributed by atoms with E-state index in [1.54, 1.807) is 19.2 Å². The second-order valence-electron chi connectivity index (χ2n) is 7.08. The number of hydrogen-bond donors (Lipinski definition) is 1. The number of carbonyl (C=O) groups excluding carboxylic acids is 1. The number of aromatic nitrogens is 3. The molecule has 2 aromatic rings. The van der Waals surface area contributed by atoms with Crippen molar-refractivity contribution in [2.75, 3.05) is 26.8 Å². The van der Waals surface area contributed by atoms with Gasteiger partial charge in [-0.3, -0.25) is 9.89 Å². The van der Waals surface area contributed by atoms with Crippen molar-refractivity contribution in [3.8, 4) is 11.5 Å². The summed E-state index contributed by atoms with van der Waals surface area (Å²) in [4.78, 5) is 18.9. The van der Waals surface area contributed by atoms with E-state index in [1.165, 1.54) is 12.8 Å². The van der Waals surface area contributed by atoms with E-state index in [1.807, 2.05) is 17.0 Å². The first kappa shape index (κ1) is 16.9. The van der Waals surface area contributed by atoms with E-state index < -0.39 is 0 Å². The molecule has 26 heavy (non-hydrogen) atoms. The molecule has 1 aliphatic carbocycles. The molecule has 1 saturated heterocycles. The lowest BCUT2D eigenvalue weighted by Gasteiger charge is -2.16. The van der Waals surface area contributed by atoms with Gasteiger partial charge in [0.25, 0.3) is 5.91 Å². The summed E-state index contributed by atoms with van der Waals surface area (Å²) in [6.07, 6.45) is 4.25. The highest BCUT2D eigenvalue weighted by molar-refractivity contribution is 5.78. The Bertz CT molecular complexity index is 754. The third-order valence-electron chi connectivity index (χ3n) is 5.03. The number of ether oxygens (including phenoxy) is 2. The molecular weight excluding hydrogens is 332 g/mol. The van der Waals surface area contributed by atoms with E-state index >= 15 is 0 Å². The van der Waals surface area contributed by atoms with Crippen molar-refractivity contribution >= 4 is 5.91 Å². The van der Waals surface area contributed by atoms with Crippen molar-refractivity contribution in [3.05, 3.63) is 35.9 Å². The van der Waals surface area contributed by atoms with Gasteiger partial charge in [-0.25, -0.2) is 4.98 Å². The van der Waals surface area contributed by atoms with Crippen LogP contribution in [0.4, 0.5) is 0 Å². The molecule has 1 N–H and O–H groups in total. The summed E-state index contributed by atoms with van der Waals surface area (Å²) >= 11 is 0. The van der Waals surface area contributed by atoms with Gasteiger partial charge >= 0.3 is 0 Å². The Balaban J connectivity index is 1.23. The highest BCUT2D eigenvalue weighted by atomic mass is 16.5. The van der Waals surface area contributed by atoms with Crippen LogP contribution < -0.4 is 9.47 Å². The number of hydrogen-bond acceptors (Lipinski definition) is 5. The summed E-state index contributed by atoms with van der Waals surface area (Å²) in [7, 11) is 1.62. The number of aromatic amines is 1. The largest absolute Gasteiger partial charge is 0.497 e. The zero-order valence-electron chi connectivity index (χ0n) is 15.0. The number of amides is 1. The first-order valence-corrected chi connectivity index (χ1v) is 9.17. The lowest BCUT2D eigenvalue weighted by atomic mass is 10.1. The normalized spacial score (nSPS) is 19.6. The highest BCUT2D eigenvalue weighted by Crippen LogP contribution is 2.37. The van der Waals surface area contributed by atoms with Gasteiger partial charge in [0.1, 0.15) is 17.3 Å². The van der Waals surface area contributed by atoms with Crippen LogP contribution in [0.1, 0.15) is 36.8 Å². The van der Waals surface area contributed by atoms with Crippen LogP contribution in [0.15, 0.2) is 24.3 Å². The van der Waals surface area contributed by atoms with Gasteiger partial charge < -0.3 is 14.4 Å². The summed E-state index contributed by atoms with van der Waals surface area (Å²) in [5.74, 6) is 4.36. The summed E-state index contributed by atoms with van der Waals surface area (Å²) in [5, 5.41) is 7.36. The molecule has 1 aromatic carbocycles. The number of nitrogens with one attached hydrogen (secondary N) is 1. The molecule has 0 bridgehead atoms. The SMILES string of the molecule is COc1ccc(OCC(=O)N2CCC(Cc3nc(C4CC4)n[nH]3)C2)cc1. The first-order chi connectivity index (χ1) is 12.7. The quantitative estimate of drug-likeness (QED) is 0.822. The van der Waals surface area contributed by atoms with Crippen LogP contribution >= 0.6 is 0 Å². The van der Waals surface area contributed by atoms with Gasteiger partial charge in [-0.05, 0) is 49.4 Å². The maximum absolute atomic E-state index is 12.4. The smallest absolute Gasteiger partial charge is 0.260 e. The van der Waals surface area contributed by atoms with Crippen LogP contribution in [0.3, 0.4) is 0 Å². The first-order valence-electron chi connectivity index (χ1n) is 9.17. The van der Waals surface area contributed by atoms with Crippen LogP contribution in [0.25, 0.3) is 0 Å². The molecule has 1 aliphatic heterocycles. The summed E-state index contributed by atoms with van der Waals surface area (Å²) in [6.45, 7) is 1.59. The lowest BCUT2D eigenvalue weighted by Crippen LogP contribution is -2.33. The van der Waals surface area contributed by atoms with Crippen LogP contribution in [-0.4, -0.2) is 52.8 Å². The van der Waals surface area contributed by atoms with Gasteiger partial charge in [0.15, 0.2) is 12.4 Å². The van der Waals surface area contributed by atoms with E-state index in [2.05, 4.69) is 15.2 Å². The average molecular weight is 356 g/mol. The van der Waals surface area contributed by atoms with Crippen LogP contribution in [0, 0.1) is 5.92 Å². The predicted molar refractivity (Wildman–Crippen MR) is 95.2 cm³/mol. The summed E-state index contributed by atoms with van der Waals surface area (Å²) < 4.78 is 10.7. The maximum Gasteiger partial charge on any atom is 0.260 e. The fraction of sp³-hybridized carbons (Fsp3) is 0.526. The monoisotopic (exact) mass is 356 g/mol. The second-order valence-corrected chi connectivity index (χ2v) is 7.08. The van der Waals surface area contributed by atoms with Crippen LogP contribution in [0.5, 0.6) is 11.5 Å². The molecule has 1 unspecified atom stereocenters. The van der Waals surface area contributed by atoms with Crippen molar-refractivity contribution in [3.63, 3.8) is 0 Å². The van der Waals surface area contributed by atoms with E-state index in [4.69, 9.17) is 9.47 Å². The molecule has 1 atom stereocenters. The predicted octanol–water partition coefficient (Wildman–Crippen LogP) is 2.16. The molecule has 7 heteroatoms. The van der Waals surface area contributed by atoms with Crippen molar-refractivity contribution in [2.24, 2.45) is 5.92 Å². The van der Waals surface area contributed by atoms with Crippen LogP contribution in [0.2, 0.25) is 0 Å². The number of nitrogens with zero attached hydrogens (tertiary/aromatic N) is 3. The fourth-order valence-electron chi connectivity index (χ4n) is 3.33. The molecule has 7 nitrogen and oxygen atoms in total. The standard InChI is InChI=1S/C19H24N4O3/c1-25-15-4-6-16(7-5-15)26-12-18(24)23-9-8-13(11-23)10-17-20-19(22-21-17)14-2-3-14/h4-7,13-14H,2-3,8-12H2,1H3,(H,20,21,22). The topological polar surface area (TPSA) is 80.3 Å². The van der Waals surface area contributed by atoms with E-state index in [-0.39, 0.29) is 12.5 Å². The number of likely N-dealkylation sites (tertiary alicyclic amines) is 1. The maximum atomic E-state index is 12.4. The molecule has 1 saturated carbocycles. The highest BCUT2D eigenvalue weighted by Gasteiger charge is 2.30. The molecule has 1 amide bonds. The van der Waals surface area contributed by atoms with Gasteiger partial charge in [0, 0.05) is 25.4 Å². The third-order valence-corrected chi connectivity index (χ3v) is 5.03. The molecule has 1 aromatic heterocycles. The Morgan fingerprint density at radius 1 is 1.23 bits per heavy atom.